The lowest BCUT2D eigenvalue weighted by Gasteiger charge is -1.87. The van der Waals surface area contributed by atoms with Crippen LogP contribution in [0.15, 0.2) is 128 Å². The van der Waals surface area contributed by atoms with E-state index in [0.29, 0.717) is 5.75 Å². The van der Waals surface area contributed by atoms with Gasteiger partial charge in [-0.1, -0.05) is 18.2 Å². The van der Waals surface area contributed by atoms with Gasteiger partial charge >= 0.3 is 0 Å². The van der Waals surface area contributed by atoms with Gasteiger partial charge in [0.15, 0.2) is 46.3 Å². The Labute approximate surface area is 223 Å². The monoisotopic (exact) mass is 526 g/mol. The van der Waals surface area contributed by atoms with E-state index < -0.39 is 0 Å². The van der Waals surface area contributed by atoms with E-state index in [1.165, 1.54) is 97.2 Å². The van der Waals surface area contributed by atoms with Crippen molar-refractivity contribution >= 4 is 46.3 Å². The van der Waals surface area contributed by atoms with Gasteiger partial charge in [-0.3, -0.25) is 38.4 Å². The molecule has 9 nitrogen and oxygen atoms in total. The van der Waals surface area contributed by atoms with Gasteiger partial charge < -0.3 is 5.11 Å². The Morgan fingerprint density at radius 2 is 0.436 bits per heavy atom. The molecule has 0 atom stereocenters. The minimum atomic E-state index is -0.121. The van der Waals surface area contributed by atoms with Crippen molar-refractivity contribution in [1.29, 1.82) is 0 Å². The molecule has 0 amide bonds. The minimum absolute atomic E-state index is 0.121. The summed E-state index contributed by atoms with van der Waals surface area (Å²) in [4.78, 5) is 82.3. The van der Waals surface area contributed by atoms with Gasteiger partial charge in [-0.15, -0.1) is 0 Å². The SMILES string of the molecule is O=C1C=CC(=O)C=C1.O=C1C=CC(=O)C=C1.O=C1C=CC(=O)C=C1.O=C1C=CC(=O)C=C1.Oc1ccccc1. The van der Waals surface area contributed by atoms with E-state index in [4.69, 9.17) is 5.11 Å². The van der Waals surface area contributed by atoms with Crippen LogP contribution in [0.5, 0.6) is 5.75 Å². The molecule has 0 aliphatic heterocycles. The number of rotatable bonds is 0. The van der Waals surface area contributed by atoms with E-state index in [1.807, 2.05) is 6.07 Å². The van der Waals surface area contributed by atoms with Crippen molar-refractivity contribution < 1.29 is 43.5 Å². The number of hydrogen-bond acceptors (Lipinski definition) is 9. The highest BCUT2D eigenvalue weighted by atomic mass is 16.3. The van der Waals surface area contributed by atoms with Crippen LogP contribution in [-0.4, -0.2) is 51.4 Å². The van der Waals surface area contributed by atoms with E-state index in [1.54, 1.807) is 24.3 Å². The molecule has 196 valence electrons. The van der Waals surface area contributed by atoms with Crippen LogP contribution in [0, 0.1) is 0 Å². The summed E-state index contributed by atoms with van der Waals surface area (Å²) in [5.41, 5.74) is 0. The molecule has 5 rings (SSSR count). The number of aromatic hydroxyl groups is 1. The van der Waals surface area contributed by atoms with E-state index in [0.717, 1.165) is 0 Å². The molecule has 0 radical (unpaired) electrons. The third-order valence-corrected chi connectivity index (χ3v) is 4.05. The average molecular weight is 526 g/mol. The molecule has 1 N–H and O–H groups in total. The first-order valence-electron chi connectivity index (χ1n) is 11.1. The predicted molar refractivity (Wildman–Crippen MR) is 141 cm³/mol. The number of phenols is 1. The zero-order chi connectivity index (χ0) is 29.0. The maximum Gasteiger partial charge on any atom is 0.178 e. The number of benzene rings is 1. The van der Waals surface area contributed by atoms with Gasteiger partial charge in [-0.25, -0.2) is 0 Å². The fourth-order valence-corrected chi connectivity index (χ4v) is 2.19. The number of carbonyl (C=O) groups excluding carboxylic acids is 8. The maximum absolute atomic E-state index is 10.3. The standard InChI is InChI=1S/4C6H4O2.C6H6O/c4*7-5-1-2-6(8)4-3-5;7-6-4-2-1-3-5-6/h4*1-4H;1-5,7H. The van der Waals surface area contributed by atoms with Crippen LogP contribution in [-0.2, 0) is 38.4 Å². The van der Waals surface area contributed by atoms with Crippen LogP contribution >= 0.6 is 0 Å². The van der Waals surface area contributed by atoms with Gasteiger partial charge in [0, 0.05) is 0 Å². The zero-order valence-corrected chi connectivity index (χ0v) is 20.3. The molecule has 0 saturated heterocycles. The summed E-state index contributed by atoms with van der Waals surface area (Å²) in [6.07, 6.45) is 20.0. The minimum Gasteiger partial charge on any atom is -0.508 e. The van der Waals surface area contributed by atoms with Crippen molar-refractivity contribution in [2.24, 2.45) is 0 Å². The Hall–Kier alpha value is -5.70. The molecule has 0 fully saturated rings. The van der Waals surface area contributed by atoms with Crippen molar-refractivity contribution in [2.75, 3.05) is 0 Å². The number of ketones is 8. The van der Waals surface area contributed by atoms with E-state index in [9.17, 15) is 38.4 Å². The van der Waals surface area contributed by atoms with Crippen molar-refractivity contribution in [1.82, 2.24) is 0 Å². The predicted octanol–water partition coefficient (Wildman–Crippen LogP) is 2.39. The normalized spacial score (nSPS) is 15.9. The molecule has 0 spiro atoms. The first kappa shape index (κ1) is 31.3. The molecule has 1 aromatic carbocycles. The van der Waals surface area contributed by atoms with Crippen molar-refractivity contribution in [3.63, 3.8) is 0 Å². The number of phenolic OH excluding ortho intramolecular Hbond substituents is 1. The van der Waals surface area contributed by atoms with E-state index in [2.05, 4.69) is 0 Å². The van der Waals surface area contributed by atoms with Crippen molar-refractivity contribution in [3.8, 4) is 5.75 Å². The van der Waals surface area contributed by atoms with Crippen molar-refractivity contribution in [2.45, 2.75) is 0 Å². The topological polar surface area (TPSA) is 157 Å². The highest BCUT2D eigenvalue weighted by molar-refractivity contribution is 6.15. The van der Waals surface area contributed by atoms with E-state index >= 15 is 0 Å². The Balaban J connectivity index is 0.000000244. The lowest BCUT2D eigenvalue weighted by atomic mass is 10.2. The van der Waals surface area contributed by atoms with Crippen LogP contribution < -0.4 is 0 Å². The van der Waals surface area contributed by atoms with Gasteiger partial charge in [0.25, 0.3) is 0 Å². The second-order valence-electron chi connectivity index (χ2n) is 7.22. The number of allylic oxidation sites excluding steroid dienone is 16. The highest BCUT2D eigenvalue weighted by Gasteiger charge is 2.00. The highest BCUT2D eigenvalue weighted by Crippen LogP contribution is 2.02. The van der Waals surface area contributed by atoms with Crippen LogP contribution in [0.25, 0.3) is 0 Å². The summed E-state index contributed by atoms with van der Waals surface area (Å²) < 4.78 is 0. The third kappa shape index (κ3) is 16.6. The van der Waals surface area contributed by atoms with Crippen molar-refractivity contribution in [3.05, 3.63) is 128 Å². The van der Waals surface area contributed by atoms with Crippen LogP contribution in [0.2, 0.25) is 0 Å². The molecule has 0 bridgehead atoms. The Bertz CT molecular complexity index is 1050. The molecule has 0 aromatic heterocycles. The second-order valence-corrected chi connectivity index (χ2v) is 7.22. The molecule has 0 saturated carbocycles. The second kappa shape index (κ2) is 17.7. The average Bonchev–Trinajstić information content (AvgIpc) is 2.93. The molecule has 39 heavy (non-hydrogen) atoms. The summed E-state index contributed by atoms with van der Waals surface area (Å²) in [6, 6.07) is 8.71. The molecule has 1 aromatic rings. The summed E-state index contributed by atoms with van der Waals surface area (Å²) in [5, 5.41) is 8.63. The molecule has 9 heteroatoms. The fourth-order valence-electron chi connectivity index (χ4n) is 2.19. The number of carbonyl (C=O) groups is 8. The quantitative estimate of drug-likeness (QED) is 0.501. The fraction of sp³-hybridized carbons (Fsp3) is 0. The Morgan fingerprint density at radius 1 is 0.282 bits per heavy atom. The largest absolute Gasteiger partial charge is 0.508 e. The number of para-hydroxylation sites is 1. The van der Waals surface area contributed by atoms with Crippen LogP contribution in [0.1, 0.15) is 0 Å². The molecular weight excluding hydrogens is 504 g/mol. The Kier molecular flexibility index (Phi) is 14.2. The molecule has 4 aliphatic rings. The summed E-state index contributed by atoms with van der Waals surface area (Å²) in [7, 11) is 0. The van der Waals surface area contributed by atoms with Crippen LogP contribution in [0.4, 0.5) is 0 Å². The molecule has 4 aliphatic carbocycles. The summed E-state index contributed by atoms with van der Waals surface area (Å²) in [6.45, 7) is 0. The third-order valence-electron chi connectivity index (χ3n) is 4.05. The van der Waals surface area contributed by atoms with Crippen LogP contribution in [0.3, 0.4) is 0 Å². The summed E-state index contributed by atoms with van der Waals surface area (Å²) >= 11 is 0. The van der Waals surface area contributed by atoms with Gasteiger partial charge in [-0.05, 0) is 109 Å². The lowest BCUT2D eigenvalue weighted by Crippen LogP contribution is -1.97. The molecular formula is C30H22O9. The first-order valence-corrected chi connectivity index (χ1v) is 11.1. The number of hydrogen-bond donors (Lipinski definition) is 1. The van der Waals surface area contributed by atoms with E-state index in [-0.39, 0.29) is 46.3 Å². The van der Waals surface area contributed by atoms with Gasteiger partial charge in [0.05, 0.1) is 0 Å². The zero-order valence-electron chi connectivity index (χ0n) is 20.3. The first-order chi connectivity index (χ1) is 18.5. The Morgan fingerprint density at radius 3 is 0.538 bits per heavy atom. The summed E-state index contributed by atoms with van der Waals surface area (Å²) in [5.74, 6) is -0.644. The smallest absolute Gasteiger partial charge is 0.178 e. The molecule has 0 heterocycles. The van der Waals surface area contributed by atoms with Gasteiger partial charge in [-0.2, -0.15) is 0 Å². The van der Waals surface area contributed by atoms with Gasteiger partial charge in [0.2, 0.25) is 0 Å². The maximum atomic E-state index is 10.3. The molecule has 0 unspecified atom stereocenters. The lowest BCUT2D eigenvalue weighted by molar-refractivity contribution is -0.113. The van der Waals surface area contributed by atoms with Gasteiger partial charge in [0.1, 0.15) is 5.75 Å².